The highest BCUT2D eigenvalue weighted by atomic mass is 16.6. The first kappa shape index (κ1) is 18.2. The molecule has 0 aliphatic rings. The van der Waals surface area contributed by atoms with Crippen molar-refractivity contribution in [3.8, 4) is 0 Å². The monoisotopic (exact) mass is 289 g/mol. The molecule has 0 heterocycles. The molecule has 0 saturated heterocycles. The van der Waals surface area contributed by atoms with Crippen LogP contribution < -0.4 is 5.32 Å². The zero-order valence-corrected chi connectivity index (χ0v) is 12.6. The quantitative estimate of drug-likeness (QED) is 0.691. The van der Waals surface area contributed by atoms with E-state index in [1.807, 2.05) is 6.92 Å². The molecule has 0 aromatic rings. The number of carboxylic acid groups (broad SMARTS) is 1. The topological polar surface area (TPSA) is 102 Å². The molecule has 0 fully saturated rings. The average molecular weight is 289 g/mol. The third-order valence-corrected chi connectivity index (χ3v) is 2.87. The molecule has 7 heteroatoms. The van der Waals surface area contributed by atoms with Gasteiger partial charge in [0.1, 0.15) is 5.60 Å². The van der Waals surface area contributed by atoms with Gasteiger partial charge in [-0.3, -0.25) is 4.79 Å². The van der Waals surface area contributed by atoms with E-state index in [9.17, 15) is 14.4 Å². The predicted octanol–water partition coefficient (Wildman–Crippen LogP) is 1.70. The predicted molar refractivity (Wildman–Crippen MR) is 71.3 cm³/mol. The molecule has 2 N–H and O–H groups in total. The Bertz CT molecular complexity index is 366. The summed E-state index contributed by atoms with van der Waals surface area (Å²) in [5.41, 5.74) is -0.650. The first-order chi connectivity index (χ1) is 9.12. The van der Waals surface area contributed by atoms with Crippen LogP contribution in [-0.4, -0.2) is 40.9 Å². The summed E-state index contributed by atoms with van der Waals surface area (Å²) in [6.45, 7) is 8.14. The summed E-state index contributed by atoms with van der Waals surface area (Å²) in [5.74, 6) is -2.04. The summed E-state index contributed by atoms with van der Waals surface area (Å²) in [6, 6.07) is -0.850. The van der Waals surface area contributed by atoms with Crippen LogP contribution in [0.25, 0.3) is 0 Å². The van der Waals surface area contributed by atoms with Gasteiger partial charge in [0.2, 0.25) is 6.10 Å². The average Bonchev–Trinajstić information content (AvgIpc) is 2.32. The van der Waals surface area contributed by atoms with Crippen LogP contribution in [0.1, 0.15) is 47.5 Å². The van der Waals surface area contributed by atoms with Crippen molar-refractivity contribution < 1.29 is 29.0 Å². The fraction of sp³-hybridized carbons (Fsp3) is 0.769. The molecule has 0 aliphatic carbocycles. The molecule has 0 saturated carbocycles. The summed E-state index contributed by atoms with van der Waals surface area (Å²) in [6.07, 6.45) is -1.27. The number of carbonyl (C=O) groups excluding carboxylic acids is 2. The van der Waals surface area contributed by atoms with Crippen LogP contribution in [0.5, 0.6) is 0 Å². The van der Waals surface area contributed by atoms with Gasteiger partial charge in [-0.2, -0.15) is 0 Å². The standard InChI is InChI=1S/C13H23NO6/c1-6-9(10(11(16)17)19-8(3)15)14-12(18)20-13(4,5)7-2/h9-10H,6-7H2,1-5H3,(H,14,18)(H,16,17)/t9-,10?/m0/s1. The minimum atomic E-state index is -1.44. The number of nitrogens with one attached hydrogen (secondary N) is 1. The fourth-order valence-electron chi connectivity index (χ4n) is 1.38. The van der Waals surface area contributed by atoms with Gasteiger partial charge in [-0.1, -0.05) is 13.8 Å². The molecule has 0 aliphatic heterocycles. The second kappa shape index (κ2) is 7.72. The van der Waals surface area contributed by atoms with E-state index in [0.29, 0.717) is 6.42 Å². The summed E-state index contributed by atoms with van der Waals surface area (Å²) >= 11 is 0. The smallest absolute Gasteiger partial charge is 0.408 e. The molecular weight excluding hydrogens is 266 g/mol. The van der Waals surface area contributed by atoms with E-state index in [-0.39, 0.29) is 6.42 Å². The lowest BCUT2D eigenvalue weighted by Crippen LogP contribution is -2.50. The van der Waals surface area contributed by atoms with Crippen LogP contribution in [0.15, 0.2) is 0 Å². The van der Waals surface area contributed by atoms with Gasteiger partial charge in [-0.15, -0.1) is 0 Å². The molecule has 0 spiro atoms. The highest BCUT2D eigenvalue weighted by molar-refractivity contribution is 5.79. The van der Waals surface area contributed by atoms with Crippen molar-refractivity contribution in [1.82, 2.24) is 5.32 Å². The number of hydrogen-bond donors (Lipinski definition) is 2. The molecule has 0 bridgehead atoms. The third kappa shape index (κ3) is 6.40. The molecule has 1 amide bonds. The Kier molecular flexibility index (Phi) is 7.02. The van der Waals surface area contributed by atoms with Gasteiger partial charge in [0.25, 0.3) is 0 Å². The third-order valence-electron chi connectivity index (χ3n) is 2.87. The van der Waals surface area contributed by atoms with Gasteiger partial charge >= 0.3 is 18.0 Å². The SMILES string of the molecule is CC[C@H](NC(=O)OC(C)(C)CC)C(OC(C)=O)C(=O)O. The minimum Gasteiger partial charge on any atom is -0.478 e. The van der Waals surface area contributed by atoms with Gasteiger partial charge in [0.15, 0.2) is 0 Å². The van der Waals surface area contributed by atoms with Crippen LogP contribution >= 0.6 is 0 Å². The number of esters is 1. The molecule has 1 unspecified atom stereocenters. The molecule has 7 nitrogen and oxygen atoms in total. The van der Waals surface area contributed by atoms with Crippen LogP contribution in [0, 0.1) is 0 Å². The molecule has 0 aromatic heterocycles. The van der Waals surface area contributed by atoms with Gasteiger partial charge < -0.3 is 19.9 Å². The van der Waals surface area contributed by atoms with E-state index in [4.69, 9.17) is 14.6 Å². The molecule has 2 atom stereocenters. The molecule has 20 heavy (non-hydrogen) atoms. The van der Waals surface area contributed by atoms with Crippen LogP contribution in [0.2, 0.25) is 0 Å². The summed E-state index contributed by atoms with van der Waals surface area (Å²) in [4.78, 5) is 33.7. The molecule has 0 aromatic carbocycles. The Balaban J connectivity index is 4.77. The van der Waals surface area contributed by atoms with E-state index in [1.54, 1.807) is 20.8 Å². The van der Waals surface area contributed by atoms with Gasteiger partial charge in [-0.25, -0.2) is 9.59 Å². The van der Waals surface area contributed by atoms with E-state index < -0.39 is 35.8 Å². The maximum Gasteiger partial charge on any atom is 0.408 e. The lowest BCUT2D eigenvalue weighted by molar-refractivity contribution is -0.164. The lowest BCUT2D eigenvalue weighted by Gasteiger charge is -2.27. The van der Waals surface area contributed by atoms with E-state index in [1.165, 1.54) is 0 Å². The van der Waals surface area contributed by atoms with Gasteiger partial charge in [0.05, 0.1) is 6.04 Å². The minimum absolute atomic E-state index is 0.284. The number of aliphatic carboxylic acids is 1. The molecule has 116 valence electrons. The highest BCUT2D eigenvalue weighted by Crippen LogP contribution is 2.14. The van der Waals surface area contributed by atoms with Crippen molar-refractivity contribution >= 4 is 18.0 Å². The maximum absolute atomic E-state index is 11.7. The second-order valence-corrected chi connectivity index (χ2v) is 5.03. The Morgan fingerprint density at radius 1 is 1.25 bits per heavy atom. The van der Waals surface area contributed by atoms with Gasteiger partial charge in [0, 0.05) is 6.92 Å². The number of amides is 1. The van der Waals surface area contributed by atoms with Crippen LogP contribution in [0.3, 0.4) is 0 Å². The Morgan fingerprint density at radius 2 is 1.80 bits per heavy atom. The van der Waals surface area contributed by atoms with Gasteiger partial charge in [-0.05, 0) is 26.7 Å². The first-order valence-electron chi connectivity index (χ1n) is 6.52. The van der Waals surface area contributed by atoms with E-state index >= 15 is 0 Å². The summed E-state index contributed by atoms with van der Waals surface area (Å²) in [5, 5.41) is 11.5. The Labute approximate surface area is 118 Å². The van der Waals surface area contributed by atoms with Crippen LogP contribution in [-0.2, 0) is 19.1 Å². The largest absolute Gasteiger partial charge is 0.478 e. The van der Waals surface area contributed by atoms with Crippen molar-refractivity contribution in [2.24, 2.45) is 0 Å². The van der Waals surface area contributed by atoms with Crippen molar-refractivity contribution in [3.63, 3.8) is 0 Å². The fourth-order valence-corrected chi connectivity index (χ4v) is 1.38. The maximum atomic E-state index is 11.7. The summed E-state index contributed by atoms with van der Waals surface area (Å²) in [7, 11) is 0. The zero-order chi connectivity index (χ0) is 15.9. The molecular formula is C13H23NO6. The second-order valence-electron chi connectivity index (χ2n) is 5.03. The molecule has 0 rings (SSSR count). The van der Waals surface area contributed by atoms with Crippen LogP contribution in [0.4, 0.5) is 4.79 Å². The number of alkyl carbamates (subject to hydrolysis) is 1. The Hall–Kier alpha value is -1.79. The molecule has 0 radical (unpaired) electrons. The zero-order valence-electron chi connectivity index (χ0n) is 12.6. The van der Waals surface area contributed by atoms with Crippen molar-refractivity contribution in [3.05, 3.63) is 0 Å². The first-order valence-corrected chi connectivity index (χ1v) is 6.52. The lowest BCUT2D eigenvalue weighted by atomic mass is 10.1. The number of carboxylic acids is 1. The summed E-state index contributed by atoms with van der Waals surface area (Å²) < 4.78 is 9.88. The van der Waals surface area contributed by atoms with Crippen molar-refractivity contribution in [2.75, 3.05) is 0 Å². The van der Waals surface area contributed by atoms with Crippen molar-refractivity contribution in [2.45, 2.75) is 65.2 Å². The number of hydrogen-bond acceptors (Lipinski definition) is 5. The normalized spacial score (nSPS) is 14.1. The number of rotatable bonds is 7. The van der Waals surface area contributed by atoms with Crippen molar-refractivity contribution in [1.29, 1.82) is 0 Å². The highest BCUT2D eigenvalue weighted by Gasteiger charge is 2.32. The number of carbonyl (C=O) groups is 3. The number of ether oxygens (including phenoxy) is 2. The van der Waals surface area contributed by atoms with E-state index in [0.717, 1.165) is 6.92 Å². The van der Waals surface area contributed by atoms with E-state index in [2.05, 4.69) is 5.32 Å². The Morgan fingerprint density at radius 3 is 2.15 bits per heavy atom.